The molecule has 1 N–H and O–H groups in total. The van der Waals surface area contributed by atoms with Crippen LogP contribution in [0.1, 0.15) is 11.1 Å². The summed E-state index contributed by atoms with van der Waals surface area (Å²) in [5.74, 6) is 0. The first-order valence-corrected chi connectivity index (χ1v) is 9.52. The number of aryl methyl sites for hydroxylation is 1. The van der Waals surface area contributed by atoms with E-state index in [-0.39, 0.29) is 11.4 Å². The normalized spacial score (nSPS) is 11.5. The van der Waals surface area contributed by atoms with Crippen molar-refractivity contribution < 1.29 is 8.42 Å². The summed E-state index contributed by atoms with van der Waals surface area (Å²) in [4.78, 5) is 4.66. The van der Waals surface area contributed by atoms with Gasteiger partial charge in [-0.25, -0.2) is 13.1 Å². The number of nitrogens with one attached hydrogen (secondary N) is 1. The van der Waals surface area contributed by atoms with Gasteiger partial charge >= 0.3 is 0 Å². The molecule has 0 saturated carbocycles. The second-order valence-electron chi connectivity index (χ2n) is 5.16. The van der Waals surface area contributed by atoms with Crippen molar-refractivity contribution in [2.75, 3.05) is 0 Å². The Morgan fingerprint density at radius 1 is 1.17 bits per heavy atom. The van der Waals surface area contributed by atoms with Crippen LogP contribution in [-0.2, 0) is 16.6 Å². The van der Waals surface area contributed by atoms with E-state index in [9.17, 15) is 8.42 Å². The molecule has 4 nitrogen and oxygen atoms in total. The summed E-state index contributed by atoms with van der Waals surface area (Å²) in [6.07, 6.45) is 1.71. The quantitative estimate of drug-likeness (QED) is 0.769. The van der Waals surface area contributed by atoms with Gasteiger partial charge in [0.1, 0.15) is 0 Å². The minimum absolute atomic E-state index is 0.204. The number of nitrogens with zero attached hydrogens (tertiary/aromatic N) is 1. The summed E-state index contributed by atoms with van der Waals surface area (Å²) in [6, 6.07) is 12.5. The largest absolute Gasteiger partial charge is 0.256 e. The molecular formula is C17H16N2O2S2. The molecule has 0 aliphatic rings. The molecule has 2 aromatic heterocycles. The molecule has 0 amide bonds. The summed E-state index contributed by atoms with van der Waals surface area (Å²) >= 11 is 1.59. The molecule has 6 heteroatoms. The van der Waals surface area contributed by atoms with Crippen LogP contribution >= 0.6 is 11.3 Å². The average molecular weight is 344 g/mol. The van der Waals surface area contributed by atoms with Gasteiger partial charge in [0.25, 0.3) is 0 Å². The molecule has 0 spiro atoms. The Labute approximate surface area is 139 Å². The van der Waals surface area contributed by atoms with E-state index in [0.717, 1.165) is 22.4 Å². The average Bonchev–Trinajstić information content (AvgIpc) is 3.08. The van der Waals surface area contributed by atoms with E-state index in [1.807, 2.05) is 41.9 Å². The summed E-state index contributed by atoms with van der Waals surface area (Å²) in [7, 11) is -3.54. The Hall–Kier alpha value is -2.02. The van der Waals surface area contributed by atoms with E-state index in [0.29, 0.717) is 0 Å². The molecule has 3 rings (SSSR count). The molecule has 0 bridgehead atoms. The van der Waals surface area contributed by atoms with Crippen molar-refractivity contribution >= 4 is 21.4 Å². The number of hydrogen-bond acceptors (Lipinski definition) is 4. The minimum Gasteiger partial charge on any atom is -0.256 e. The third-order valence-corrected chi connectivity index (χ3v) is 5.52. The van der Waals surface area contributed by atoms with Gasteiger partial charge in [0, 0.05) is 23.7 Å². The SMILES string of the molecule is Cc1cccc(S(=O)(=O)NCc2cccnc2-c2ccsc2)c1. The second-order valence-corrected chi connectivity index (χ2v) is 7.71. The number of hydrogen-bond donors (Lipinski definition) is 1. The van der Waals surface area contributed by atoms with Crippen LogP contribution in [0.5, 0.6) is 0 Å². The van der Waals surface area contributed by atoms with Gasteiger partial charge in [0.05, 0.1) is 10.6 Å². The molecule has 118 valence electrons. The second kappa shape index (κ2) is 6.62. The lowest BCUT2D eigenvalue weighted by atomic mass is 10.1. The lowest BCUT2D eigenvalue weighted by Crippen LogP contribution is -2.23. The van der Waals surface area contributed by atoms with E-state index in [2.05, 4.69) is 9.71 Å². The topological polar surface area (TPSA) is 59.1 Å². The number of thiophene rings is 1. The number of rotatable bonds is 5. The predicted octanol–water partition coefficient (Wildman–Crippen LogP) is 3.60. The van der Waals surface area contributed by atoms with E-state index in [1.54, 1.807) is 35.7 Å². The number of sulfonamides is 1. The maximum Gasteiger partial charge on any atom is 0.240 e. The van der Waals surface area contributed by atoms with Gasteiger partial charge < -0.3 is 0 Å². The molecule has 1 aromatic carbocycles. The van der Waals surface area contributed by atoms with Crippen LogP contribution in [0.25, 0.3) is 11.3 Å². The Bertz CT molecular complexity index is 904. The lowest BCUT2D eigenvalue weighted by Gasteiger charge is -2.10. The maximum absolute atomic E-state index is 12.4. The highest BCUT2D eigenvalue weighted by atomic mass is 32.2. The van der Waals surface area contributed by atoms with E-state index in [1.165, 1.54) is 0 Å². The van der Waals surface area contributed by atoms with Gasteiger partial charge in [-0.1, -0.05) is 18.2 Å². The first-order chi connectivity index (χ1) is 11.1. The maximum atomic E-state index is 12.4. The molecule has 0 unspecified atom stereocenters. The standard InChI is InChI=1S/C17H16N2O2S2/c1-13-4-2-6-16(10-13)23(20,21)19-11-14-5-3-8-18-17(14)15-7-9-22-12-15/h2-10,12,19H,11H2,1H3. The summed E-state index contributed by atoms with van der Waals surface area (Å²) < 4.78 is 27.5. The third-order valence-electron chi connectivity index (χ3n) is 3.44. The van der Waals surface area contributed by atoms with Crippen LogP contribution in [-0.4, -0.2) is 13.4 Å². The fraction of sp³-hybridized carbons (Fsp3) is 0.118. The molecule has 0 atom stereocenters. The Morgan fingerprint density at radius 2 is 2.04 bits per heavy atom. The van der Waals surface area contributed by atoms with E-state index < -0.39 is 10.0 Å². The Kier molecular flexibility index (Phi) is 4.56. The molecule has 23 heavy (non-hydrogen) atoms. The first-order valence-electron chi connectivity index (χ1n) is 7.09. The van der Waals surface area contributed by atoms with Crippen molar-refractivity contribution in [1.29, 1.82) is 0 Å². The molecule has 0 fully saturated rings. The molecule has 0 aliphatic carbocycles. The number of pyridine rings is 1. The first kappa shape index (κ1) is 15.9. The Morgan fingerprint density at radius 3 is 2.78 bits per heavy atom. The van der Waals surface area contributed by atoms with Gasteiger partial charge in [-0.3, -0.25) is 4.98 Å². The molecular weight excluding hydrogens is 328 g/mol. The van der Waals surface area contributed by atoms with E-state index >= 15 is 0 Å². The highest BCUT2D eigenvalue weighted by Gasteiger charge is 2.15. The van der Waals surface area contributed by atoms with Gasteiger partial charge in [0.2, 0.25) is 10.0 Å². The van der Waals surface area contributed by atoms with Crippen LogP contribution in [0.15, 0.2) is 64.3 Å². The fourth-order valence-corrected chi connectivity index (χ4v) is 4.03. The van der Waals surface area contributed by atoms with Crippen LogP contribution in [0.3, 0.4) is 0 Å². The molecule has 0 radical (unpaired) electrons. The van der Waals surface area contributed by atoms with Crippen molar-refractivity contribution in [3.63, 3.8) is 0 Å². The minimum atomic E-state index is -3.54. The highest BCUT2D eigenvalue weighted by Crippen LogP contribution is 2.23. The molecule has 2 heterocycles. The summed E-state index contributed by atoms with van der Waals surface area (Å²) in [5, 5.41) is 3.98. The van der Waals surface area contributed by atoms with Crippen LogP contribution in [0, 0.1) is 6.92 Å². The van der Waals surface area contributed by atoms with Gasteiger partial charge in [-0.2, -0.15) is 11.3 Å². The zero-order valence-electron chi connectivity index (χ0n) is 12.6. The zero-order chi connectivity index (χ0) is 16.3. The van der Waals surface area contributed by atoms with E-state index in [4.69, 9.17) is 0 Å². The number of aromatic nitrogens is 1. The zero-order valence-corrected chi connectivity index (χ0v) is 14.2. The smallest absolute Gasteiger partial charge is 0.240 e. The fourth-order valence-electron chi connectivity index (χ4n) is 2.28. The number of benzene rings is 1. The lowest BCUT2D eigenvalue weighted by molar-refractivity contribution is 0.581. The van der Waals surface area contributed by atoms with Crippen LogP contribution in [0.4, 0.5) is 0 Å². The highest BCUT2D eigenvalue weighted by molar-refractivity contribution is 7.89. The molecule has 3 aromatic rings. The van der Waals surface area contributed by atoms with Crippen molar-refractivity contribution in [3.8, 4) is 11.3 Å². The summed E-state index contributed by atoms with van der Waals surface area (Å²) in [6.45, 7) is 2.07. The Balaban J connectivity index is 1.84. The van der Waals surface area contributed by atoms with Gasteiger partial charge in [-0.15, -0.1) is 0 Å². The van der Waals surface area contributed by atoms with Crippen LogP contribution < -0.4 is 4.72 Å². The van der Waals surface area contributed by atoms with Crippen LogP contribution in [0.2, 0.25) is 0 Å². The van der Waals surface area contributed by atoms with Crippen molar-refractivity contribution in [1.82, 2.24) is 9.71 Å². The van der Waals surface area contributed by atoms with Gasteiger partial charge in [-0.05, 0) is 47.7 Å². The van der Waals surface area contributed by atoms with Gasteiger partial charge in [0.15, 0.2) is 0 Å². The van der Waals surface area contributed by atoms with Crippen molar-refractivity contribution in [2.45, 2.75) is 18.4 Å². The summed E-state index contributed by atoms with van der Waals surface area (Å²) in [5.41, 5.74) is 3.57. The molecule has 0 aliphatic heterocycles. The van der Waals surface area contributed by atoms with Crippen molar-refractivity contribution in [3.05, 3.63) is 70.5 Å². The third kappa shape index (κ3) is 3.67. The predicted molar refractivity (Wildman–Crippen MR) is 92.8 cm³/mol. The monoisotopic (exact) mass is 344 g/mol. The van der Waals surface area contributed by atoms with Crippen molar-refractivity contribution in [2.24, 2.45) is 0 Å². The molecule has 0 saturated heterocycles.